The zero-order valence-electron chi connectivity index (χ0n) is 9.03. The Morgan fingerprint density at radius 3 is 2.57 bits per heavy atom. The summed E-state index contributed by atoms with van der Waals surface area (Å²) in [5.74, 6) is 0. The van der Waals surface area contributed by atoms with Gasteiger partial charge < -0.3 is 5.11 Å². The molecule has 0 aliphatic heterocycles. The van der Waals surface area contributed by atoms with Crippen LogP contribution < -0.4 is 0 Å². The van der Waals surface area contributed by atoms with Crippen molar-refractivity contribution in [1.29, 1.82) is 0 Å². The van der Waals surface area contributed by atoms with Crippen LogP contribution in [0.1, 0.15) is 18.1 Å². The topological polar surface area (TPSA) is 23.5 Å². The number of hydrogen-bond donors (Lipinski definition) is 1. The molecule has 14 heavy (non-hydrogen) atoms. The van der Waals surface area contributed by atoms with Crippen molar-refractivity contribution in [2.45, 2.75) is 20.4 Å². The van der Waals surface area contributed by atoms with Crippen LogP contribution in [0.4, 0.5) is 0 Å². The number of aliphatic hydroxyl groups excluding tert-OH is 1. The molecule has 0 saturated carbocycles. The summed E-state index contributed by atoms with van der Waals surface area (Å²) in [6, 6.07) is 8.40. The van der Waals surface area contributed by atoms with E-state index in [9.17, 15) is 0 Å². The second kappa shape index (κ2) is 5.78. The predicted molar refractivity (Wildman–Crippen MR) is 59.2 cm³/mol. The van der Waals surface area contributed by atoms with E-state index in [-0.39, 0.29) is 6.61 Å². The molecule has 0 heterocycles. The molecule has 0 aliphatic rings. The van der Waals surface area contributed by atoms with Gasteiger partial charge in [-0.25, -0.2) is 0 Å². The third kappa shape index (κ3) is 3.13. The molecule has 0 fully saturated rings. The van der Waals surface area contributed by atoms with E-state index in [0.29, 0.717) is 0 Å². The lowest BCUT2D eigenvalue weighted by atomic mass is 10.1. The predicted octanol–water partition coefficient (Wildman–Crippen LogP) is 1.81. The Hall–Kier alpha value is -0.860. The molecular formula is C12H19NO. The fraction of sp³-hybridized carbons (Fsp3) is 0.500. The van der Waals surface area contributed by atoms with Crippen molar-refractivity contribution in [2.75, 3.05) is 19.7 Å². The fourth-order valence-electron chi connectivity index (χ4n) is 1.52. The van der Waals surface area contributed by atoms with Crippen molar-refractivity contribution in [3.63, 3.8) is 0 Å². The first kappa shape index (κ1) is 11.2. The van der Waals surface area contributed by atoms with Gasteiger partial charge in [-0.05, 0) is 24.6 Å². The summed E-state index contributed by atoms with van der Waals surface area (Å²) >= 11 is 0. The van der Waals surface area contributed by atoms with Gasteiger partial charge in [0.25, 0.3) is 0 Å². The van der Waals surface area contributed by atoms with Crippen molar-refractivity contribution in [3.05, 3.63) is 35.4 Å². The number of aryl methyl sites for hydroxylation is 1. The van der Waals surface area contributed by atoms with Crippen LogP contribution >= 0.6 is 0 Å². The van der Waals surface area contributed by atoms with Gasteiger partial charge in [0, 0.05) is 13.1 Å². The van der Waals surface area contributed by atoms with E-state index < -0.39 is 0 Å². The van der Waals surface area contributed by atoms with Crippen molar-refractivity contribution < 1.29 is 5.11 Å². The third-order valence-electron chi connectivity index (χ3n) is 2.52. The molecule has 0 aliphatic carbocycles. The summed E-state index contributed by atoms with van der Waals surface area (Å²) in [7, 11) is 0. The summed E-state index contributed by atoms with van der Waals surface area (Å²) in [6.07, 6.45) is 0. The zero-order chi connectivity index (χ0) is 10.4. The van der Waals surface area contributed by atoms with Gasteiger partial charge in [0.15, 0.2) is 0 Å². The van der Waals surface area contributed by atoms with E-state index in [1.165, 1.54) is 11.1 Å². The van der Waals surface area contributed by atoms with Crippen LogP contribution in [0.15, 0.2) is 24.3 Å². The minimum atomic E-state index is 0.236. The molecule has 1 aromatic carbocycles. The molecule has 0 spiro atoms. The van der Waals surface area contributed by atoms with Crippen molar-refractivity contribution >= 4 is 0 Å². The Balaban J connectivity index is 2.62. The number of rotatable bonds is 5. The van der Waals surface area contributed by atoms with E-state index in [4.69, 9.17) is 5.11 Å². The maximum Gasteiger partial charge on any atom is 0.0558 e. The SMILES string of the molecule is CCN(CCO)Cc1ccccc1C. The van der Waals surface area contributed by atoms with Crippen molar-refractivity contribution in [1.82, 2.24) is 4.90 Å². The summed E-state index contributed by atoms with van der Waals surface area (Å²) in [4.78, 5) is 2.24. The molecule has 1 rings (SSSR count). The standard InChI is InChI=1S/C12H19NO/c1-3-13(8-9-14)10-12-7-5-4-6-11(12)2/h4-7,14H,3,8-10H2,1-2H3. The first-order valence-corrected chi connectivity index (χ1v) is 5.15. The van der Waals surface area contributed by atoms with Crippen LogP contribution in [-0.2, 0) is 6.54 Å². The molecule has 0 unspecified atom stereocenters. The van der Waals surface area contributed by atoms with Gasteiger partial charge in [-0.2, -0.15) is 0 Å². The average Bonchev–Trinajstić information content (AvgIpc) is 2.20. The maximum absolute atomic E-state index is 8.87. The van der Waals surface area contributed by atoms with Gasteiger partial charge in [0.2, 0.25) is 0 Å². The Morgan fingerprint density at radius 2 is 2.00 bits per heavy atom. The fourth-order valence-corrected chi connectivity index (χ4v) is 1.52. The van der Waals surface area contributed by atoms with Crippen LogP contribution in [-0.4, -0.2) is 29.7 Å². The number of nitrogens with zero attached hydrogens (tertiary/aromatic N) is 1. The third-order valence-corrected chi connectivity index (χ3v) is 2.52. The molecule has 1 aromatic rings. The number of benzene rings is 1. The Kier molecular flexibility index (Phi) is 4.63. The first-order valence-electron chi connectivity index (χ1n) is 5.15. The van der Waals surface area contributed by atoms with E-state index in [1.807, 2.05) is 0 Å². The highest BCUT2D eigenvalue weighted by molar-refractivity contribution is 5.25. The van der Waals surface area contributed by atoms with E-state index >= 15 is 0 Å². The second-order valence-electron chi connectivity index (χ2n) is 3.52. The molecule has 2 heteroatoms. The smallest absolute Gasteiger partial charge is 0.0558 e. The van der Waals surface area contributed by atoms with Gasteiger partial charge in [-0.3, -0.25) is 4.90 Å². The van der Waals surface area contributed by atoms with E-state index in [2.05, 4.69) is 43.0 Å². The molecule has 0 aromatic heterocycles. The lowest BCUT2D eigenvalue weighted by Gasteiger charge is -2.20. The summed E-state index contributed by atoms with van der Waals surface area (Å²) in [6.45, 7) is 7.15. The van der Waals surface area contributed by atoms with Crippen LogP contribution in [0.5, 0.6) is 0 Å². The number of aliphatic hydroxyl groups is 1. The highest BCUT2D eigenvalue weighted by Crippen LogP contribution is 2.09. The zero-order valence-corrected chi connectivity index (χ0v) is 9.03. The van der Waals surface area contributed by atoms with E-state index in [1.54, 1.807) is 0 Å². The summed E-state index contributed by atoms with van der Waals surface area (Å²) < 4.78 is 0. The maximum atomic E-state index is 8.87. The van der Waals surface area contributed by atoms with E-state index in [0.717, 1.165) is 19.6 Å². The molecule has 0 bridgehead atoms. The molecule has 0 radical (unpaired) electrons. The van der Waals surface area contributed by atoms with Gasteiger partial charge >= 0.3 is 0 Å². The van der Waals surface area contributed by atoms with Crippen LogP contribution in [0.2, 0.25) is 0 Å². The summed E-state index contributed by atoms with van der Waals surface area (Å²) in [5, 5.41) is 8.87. The Labute approximate surface area is 86.2 Å². The minimum absolute atomic E-state index is 0.236. The molecule has 1 N–H and O–H groups in total. The van der Waals surface area contributed by atoms with Crippen LogP contribution in [0.3, 0.4) is 0 Å². The van der Waals surface area contributed by atoms with Crippen molar-refractivity contribution in [2.24, 2.45) is 0 Å². The first-order chi connectivity index (χ1) is 6.77. The number of hydrogen-bond acceptors (Lipinski definition) is 2. The monoisotopic (exact) mass is 193 g/mol. The highest BCUT2D eigenvalue weighted by atomic mass is 16.3. The quantitative estimate of drug-likeness (QED) is 0.771. The summed E-state index contributed by atoms with van der Waals surface area (Å²) in [5.41, 5.74) is 2.67. The second-order valence-corrected chi connectivity index (χ2v) is 3.52. The van der Waals surface area contributed by atoms with Crippen molar-refractivity contribution in [3.8, 4) is 0 Å². The van der Waals surface area contributed by atoms with Crippen LogP contribution in [0.25, 0.3) is 0 Å². The Bertz CT molecular complexity index is 273. The van der Waals surface area contributed by atoms with Gasteiger partial charge in [0.1, 0.15) is 0 Å². The normalized spacial score (nSPS) is 10.9. The minimum Gasteiger partial charge on any atom is -0.395 e. The molecular weight excluding hydrogens is 174 g/mol. The van der Waals surface area contributed by atoms with Gasteiger partial charge in [-0.1, -0.05) is 31.2 Å². The number of likely N-dealkylation sites (N-methyl/N-ethyl adjacent to an activating group) is 1. The van der Waals surface area contributed by atoms with Gasteiger partial charge in [-0.15, -0.1) is 0 Å². The average molecular weight is 193 g/mol. The lowest BCUT2D eigenvalue weighted by Crippen LogP contribution is -2.26. The molecule has 0 amide bonds. The highest BCUT2D eigenvalue weighted by Gasteiger charge is 2.03. The molecule has 78 valence electrons. The molecule has 0 atom stereocenters. The van der Waals surface area contributed by atoms with Crippen LogP contribution in [0, 0.1) is 6.92 Å². The van der Waals surface area contributed by atoms with Gasteiger partial charge in [0.05, 0.1) is 6.61 Å². The molecule has 0 saturated heterocycles. The largest absolute Gasteiger partial charge is 0.395 e. The lowest BCUT2D eigenvalue weighted by molar-refractivity contribution is 0.196. The molecule has 2 nitrogen and oxygen atoms in total. The Morgan fingerprint density at radius 1 is 1.29 bits per heavy atom.